The first kappa shape index (κ1) is 13.6. The zero-order chi connectivity index (χ0) is 14.0. The molecule has 0 amide bonds. The van der Waals surface area contributed by atoms with Crippen LogP contribution >= 0.6 is 0 Å². The first-order valence-corrected chi connectivity index (χ1v) is 5.64. The van der Waals surface area contributed by atoms with Gasteiger partial charge in [0.1, 0.15) is 12.1 Å². The highest BCUT2D eigenvalue weighted by Gasteiger charge is 2.57. The Balaban J connectivity index is 2.13. The van der Waals surface area contributed by atoms with Crippen molar-refractivity contribution in [3.8, 4) is 12.3 Å². The van der Waals surface area contributed by atoms with Gasteiger partial charge in [-0.05, 0) is 19.4 Å². The predicted octanol–water partition coefficient (Wildman–Crippen LogP) is 0.718. The van der Waals surface area contributed by atoms with Gasteiger partial charge in [-0.25, -0.2) is 4.79 Å². The summed E-state index contributed by atoms with van der Waals surface area (Å²) >= 11 is 0. The molecular formula is C11H13N3O5. The molecule has 102 valence electrons. The Hall–Kier alpha value is -1.78. The van der Waals surface area contributed by atoms with E-state index < -0.39 is 36.3 Å². The average Bonchev–Trinajstić information content (AvgIpc) is 2.80. The molecule has 0 saturated carbocycles. The topological polar surface area (TPSA) is 103 Å². The minimum Gasteiger partial charge on any atom is -0.451 e. The number of azide groups is 1. The molecule has 2 heterocycles. The second-order valence-electron chi connectivity index (χ2n) is 4.53. The number of hydrogen-bond acceptors (Lipinski definition) is 6. The standard InChI is InChI=1S/C11H13N3O5/c1-4-5-16-9(15)7-6(13-14-12)8-10(17-7)19-11(2,3)18-8/h1,6-8,10H,5H2,2-3H3/t6-,7-,8+,10+/m0/s1. The zero-order valence-corrected chi connectivity index (χ0v) is 10.5. The molecule has 0 aromatic rings. The minimum atomic E-state index is -1.07. The van der Waals surface area contributed by atoms with Crippen LogP contribution in [0.15, 0.2) is 5.11 Å². The second-order valence-corrected chi connectivity index (χ2v) is 4.53. The lowest BCUT2D eigenvalue weighted by Gasteiger charge is -2.22. The molecule has 19 heavy (non-hydrogen) atoms. The van der Waals surface area contributed by atoms with Gasteiger partial charge in [-0.15, -0.1) is 6.42 Å². The van der Waals surface area contributed by atoms with Crippen LogP contribution in [0.3, 0.4) is 0 Å². The number of carbonyl (C=O) groups excluding carboxylic acids is 1. The minimum absolute atomic E-state index is 0.176. The van der Waals surface area contributed by atoms with E-state index in [0.29, 0.717) is 0 Å². The van der Waals surface area contributed by atoms with Crippen LogP contribution in [0.2, 0.25) is 0 Å². The lowest BCUT2D eigenvalue weighted by Crippen LogP contribution is -2.38. The van der Waals surface area contributed by atoms with Crippen molar-refractivity contribution in [3.63, 3.8) is 0 Å². The third-order valence-electron chi connectivity index (χ3n) is 2.73. The van der Waals surface area contributed by atoms with E-state index in [-0.39, 0.29) is 6.61 Å². The van der Waals surface area contributed by atoms with Gasteiger partial charge in [-0.3, -0.25) is 0 Å². The Morgan fingerprint density at radius 3 is 2.95 bits per heavy atom. The first-order chi connectivity index (χ1) is 8.98. The van der Waals surface area contributed by atoms with Crippen molar-refractivity contribution in [2.75, 3.05) is 6.61 Å². The van der Waals surface area contributed by atoms with Gasteiger partial charge in [-0.2, -0.15) is 0 Å². The highest BCUT2D eigenvalue weighted by Crippen LogP contribution is 2.39. The summed E-state index contributed by atoms with van der Waals surface area (Å²) in [6.45, 7) is 3.23. The van der Waals surface area contributed by atoms with E-state index in [1.54, 1.807) is 13.8 Å². The van der Waals surface area contributed by atoms with Crippen LogP contribution in [0.5, 0.6) is 0 Å². The Morgan fingerprint density at radius 1 is 1.58 bits per heavy atom. The zero-order valence-electron chi connectivity index (χ0n) is 10.5. The van der Waals surface area contributed by atoms with Crippen molar-refractivity contribution < 1.29 is 23.7 Å². The van der Waals surface area contributed by atoms with Crippen LogP contribution < -0.4 is 0 Å². The van der Waals surface area contributed by atoms with Crippen molar-refractivity contribution in [2.45, 2.75) is 44.2 Å². The third kappa shape index (κ3) is 2.64. The number of terminal acetylenes is 1. The molecule has 0 aromatic heterocycles. The number of rotatable bonds is 3. The molecule has 0 aromatic carbocycles. The third-order valence-corrected chi connectivity index (χ3v) is 2.73. The SMILES string of the molecule is C#CCOC(=O)[C@H]1O[C@@H]2OC(C)(C)O[C@@H]2[C@H]1N=[N+]=[N-]. The van der Waals surface area contributed by atoms with Crippen molar-refractivity contribution in [3.05, 3.63) is 10.4 Å². The van der Waals surface area contributed by atoms with E-state index >= 15 is 0 Å². The molecule has 8 nitrogen and oxygen atoms in total. The lowest BCUT2D eigenvalue weighted by molar-refractivity contribution is -0.212. The number of nitrogens with zero attached hydrogens (tertiary/aromatic N) is 3. The van der Waals surface area contributed by atoms with Gasteiger partial charge in [0.15, 0.2) is 24.8 Å². The Bertz CT molecular complexity index is 465. The van der Waals surface area contributed by atoms with Gasteiger partial charge < -0.3 is 18.9 Å². The van der Waals surface area contributed by atoms with E-state index in [9.17, 15) is 4.79 Å². The molecular weight excluding hydrogens is 254 g/mol. The fraction of sp³-hybridized carbons (Fsp3) is 0.727. The summed E-state index contributed by atoms with van der Waals surface area (Å²) in [5.41, 5.74) is 8.57. The molecule has 2 rings (SSSR count). The molecule has 0 radical (unpaired) electrons. The number of ether oxygens (including phenoxy) is 4. The molecule has 2 saturated heterocycles. The maximum atomic E-state index is 11.7. The number of fused-ring (bicyclic) bond motifs is 1. The lowest BCUT2D eigenvalue weighted by atomic mass is 10.1. The van der Waals surface area contributed by atoms with Crippen molar-refractivity contribution >= 4 is 5.97 Å². The fourth-order valence-corrected chi connectivity index (χ4v) is 2.07. The van der Waals surface area contributed by atoms with E-state index in [4.69, 9.17) is 30.9 Å². The maximum Gasteiger partial charge on any atom is 0.336 e. The highest BCUT2D eigenvalue weighted by atomic mass is 16.8. The van der Waals surface area contributed by atoms with E-state index in [2.05, 4.69) is 15.9 Å². The second kappa shape index (κ2) is 5.07. The molecule has 0 unspecified atom stereocenters. The Morgan fingerprint density at radius 2 is 2.32 bits per heavy atom. The van der Waals surface area contributed by atoms with Crippen LogP contribution in [-0.4, -0.2) is 42.9 Å². The summed E-state index contributed by atoms with van der Waals surface area (Å²) in [7, 11) is 0. The maximum absolute atomic E-state index is 11.7. The van der Waals surface area contributed by atoms with Crippen LogP contribution in [-0.2, 0) is 23.7 Å². The summed E-state index contributed by atoms with van der Waals surface area (Å²) in [5, 5.41) is 3.54. The Kier molecular flexibility index (Phi) is 3.64. The predicted molar refractivity (Wildman–Crippen MR) is 61.4 cm³/mol. The molecule has 0 N–H and O–H groups in total. The summed E-state index contributed by atoms with van der Waals surface area (Å²) < 4.78 is 21.2. The monoisotopic (exact) mass is 267 g/mol. The smallest absolute Gasteiger partial charge is 0.336 e. The van der Waals surface area contributed by atoms with Crippen LogP contribution in [0.1, 0.15) is 13.8 Å². The van der Waals surface area contributed by atoms with Crippen molar-refractivity contribution in [1.82, 2.24) is 0 Å². The van der Waals surface area contributed by atoms with Crippen LogP contribution in [0.4, 0.5) is 0 Å². The van der Waals surface area contributed by atoms with Gasteiger partial charge >= 0.3 is 5.97 Å². The van der Waals surface area contributed by atoms with Gasteiger partial charge in [0.05, 0.1) is 0 Å². The summed E-state index contributed by atoms with van der Waals surface area (Å²) in [6, 6.07) is -0.845. The molecule has 2 fully saturated rings. The molecule has 0 spiro atoms. The number of carbonyl (C=O) groups is 1. The quantitative estimate of drug-likeness (QED) is 0.246. The van der Waals surface area contributed by atoms with E-state index in [1.165, 1.54) is 0 Å². The van der Waals surface area contributed by atoms with Gasteiger partial charge in [0.2, 0.25) is 0 Å². The summed E-state index contributed by atoms with van der Waals surface area (Å²) in [6.07, 6.45) is 2.51. The normalized spacial score (nSPS) is 35.0. The van der Waals surface area contributed by atoms with E-state index in [0.717, 1.165) is 0 Å². The highest BCUT2D eigenvalue weighted by molar-refractivity contribution is 5.76. The fourth-order valence-electron chi connectivity index (χ4n) is 2.07. The van der Waals surface area contributed by atoms with Crippen molar-refractivity contribution in [1.29, 1.82) is 0 Å². The van der Waals surface area contributed by atoms with E-state index in [1.807, 2.05) is 0 Å². The van der Waals surface area contributed by atoms with Crippen LogP contribution in [0.25, 0.3) is 10.4 Å². The summed E-state index contributed by atoms with van der Waals surface area (Å²) in [4.78, 5) is 14.4. The molecule has 4 atom stereocenters. The number of hydrogen-bond donors (Lipinski definition) is 0. The Labute approximate surface area is 109 Å². The molecule has 2 aliphatic rings. The van der Waals surface area contributed by atoms with Gasteiger partial charge in [0.25, 0.3) is 0 Å². The average molecular weight is 267 g/mol. The van der Waals surface area contributed by atoms with Crippen molar-refractivity contribution in [2.24, 2.45) is 5.11 Å². The molecule has 8 heteroatoms. The molecule has 0 aliphatic carbocycles. The molecule has 0 bridgehead atoms. The summed E-state index contributed by atoms with van der Waals surface area (Å²) in [5.74, 6) is 0.614. The number of esters is 1. The molecule has 2 aliphatic heterocycles. The van der Waals surface area contributed by atoms with Crippen LogP contribution in [0, 0.1) is 12.3 Å². The van der Waals surface area contributed by atoms with Gasteiger partial charge in [0, 0.05) is 4.91 Å². The first-order valence-electron chi connectivity index (χ1n) is 5.64. The largest absolute Gasteiger partial charge is 0.451 e. The van der Waals surface area contributed by atoms with Gasteiger partial charge in [-0.1, -0.05) is 11.0 Å².